The lowest BCUT2D eigenvalue weighted by molar-refractivity contribution is -0.149. The number of rotatable bonds is 15. The lowest BCUT2D eigenvalue weighted by Gasteiger charge is -2.29. The van der Waals surface area contributed by atoms with Crippen molar-refractivity contribution in [2.45, 2.75) is 72.4 Å². The summed E-state index contributed by atoms with van der Waals surface area (Å²) >= 11 is 0. The zero-order chi connectivity index (χ0) is 40.4. The van der Waals surface area contributed by atoms with Crippen molar-refractivity contribution >= 4 is 36.1 Å². The van der Waals surface area contributed by atoms with E-state index in [1.165, 1.54) is 13.1 Å². The van der Waals surface area contributed by atoms with Crippen molar-refractivity contribution in [1.29, 1.82) is 0 Å². The standard InChI is InChI=1S/C37H47N7O11/c1-6-52-30(46)22-43(29(45)21-44-19-25(2)31(47)40-33(44)48)20-28(39-36(51)55-37(3,4)5)17-18-38-32(41-34(49)53-23-26-13-9-7-10-14-26)42-35(50)54-24-27-15-11-8-12-16-27/h7-16,19,28H,6,17-18,20-24H2,1-5H3,(H,39,51)(H,40,47,48)(H2,38,41,42,49,50). The largest absolute Gasteiger partial charge is 0.465 e. The van der Waals surface area contributed by atoms with Crippen LogP contribution in [-0.4, -0.2) is 88.5 Å². The van der Waals surface area contributed by atoms with Gasteiger partial charge in [0.1, 0.15) is 31.9 Å². The van der Waals surface area contributed by atoms with Crippen LogP contribution in [0.4, 0.5) is 14.4 Å². The fraction of sp³-hybridized carbons (Fsp3) is 0.405. The number of aliphatic imine (C=N–C) groups is 1. The zero-order valence-electron chi connectivity index (χ0n) is 31.4. The maximum atomic E-state index is 13.6. The van der Waals surface area contributed by atoms with E-state index in [1.54, 1.807) is 76.2 Å². The van der Waals surface area contributed by atoms with Crippen LogP contribution >= 0.6 is 0 Å². The van der Waals surface area contributed by atoms with E-state index in [0.717, 1.165) is 9.47 Å². The summed E-state index contributed by atoms with van der Waals surface area (Å²) in [6.07, 6.45) is -1.54. The molecule has 0 aliphatic carbocycles. The molecule has 0 saturated heterocycles. The monoisotopic (exact) mass is 765 g/mol. The third-order valence-electron chi connectivity index (χ3n) is 7.25. The molecule has 0 aliphatic heterocycles. The van der Waals surface area contributed by atoms with Crippen LogP contribution in [0, 0.1) is 6.92 Å². The van der Waals surface area contributed by atoms with Crippen LogP contribution in [-0.2, 0) is 48.3 Å². The molecule has 0 bridgehead atoms. The highest BCUT2D eigenvalue weighted by Gasteiger charge is 2.26. The maximum Gasteiger partial charge on any atom is 0.414 e. The van der Waals surface area contributed by atoms with Crippen LogP contribution in [0.2, 0.25) is 0 Å². The van der Waals surface area contributed by atoms with Crippen molar-refractivity contribution < 1.29 is 42.9 Å². The molecule has 4 N–H and O–H groups in total. The Bertz CT molecular complexity index is 1850. The number of esters is 1. The van der Waals surface area contributed by atoms with Crippen molar-refractivity contribution in [1.82, 2.24) is 30.4 Å². The summed E-state index contributed by atoms with van der Waals surface area (Å²) in [6, 6.07) is 16.8. The fourth-order valence-corrected chi connectivity index (χ4v) is 4.70. The average molecular weight is 766 g/mol. The van der Waals surface area contributed by atoms with Crippen molar-refractivity contribution in [2.24, 2.45) is 4.99 Å². The van der Waals surface area contributed by atoms with Crippen molar-refractivity contribution in [3.05, 3.63) is 104 Å². The minimum absolute atomic E-state index is 0.0259. The van der Waals surface area contributed by atoms with Gasteiger partial charge in [-0.1, -0.05) is 60.7 Å². The number of alkyl carbamates (subject to hydrolysis) is 3. The van der Waals surface area contributed by atoms with Crippen LogP contribution in [0.25, 0.3) is 0 Å². The molecule has 0 radical (unpaired) electrons. The number of ether oxygens (including phenoxy) is 4. The van der Waals surface area contributed by atoms with Gasteiger partial charge in [-0.3, -0.25) is 39.6 Å². The number of aromatic amines is 1. The predicted octanol–water partition coefficient (Wildman–Crippen LogP) is 2.73. The molecule has 1 unspecified atom stereocenters. The summed E-state index contributed by atoms with van der Waals surface area (Å²) in [7, 11) is 0. The first kappa shape index (κ1) is 42.9. The summed E-state index contributed by atoms with van der Waals surface area (Å²) in [6.45, 7) is 6.33. The van der Waals surface area contributed by atoms with E-state index in [-0.39, 0.29) is 50.9 Å². The number of carbonyl (C=O) groups is 5. The van der Waals surface area contributed by atoms with Crippen LogP contribution in [0.15, 0.2) is 81.4 Å². The Labute approximate surface area is 317 Å². The molecule has 3 aromatic rings. The minimum atomic E-state index is -0.942. The molecule has 3 rings (SSSR count). The summed E-state index contributed by atoms with van der Waals surface area (Å²) in [4.78, 5) is 96.4. The molecule has 18 heteroatoms. The summed E-state index contributed by atoms with van der Waals surface area (Å²) in [5.74, 6) is -1.81. The van der Waals surface area contributed by atoms with Gasteiger partial charge in [0.2, 0.25) is 11.9 Å². The Kier molecular flexibility index (Phi) is 16.6. The summed E-state index contributed by atoms with van der Waals surface area (Å²) in [5, 5.41) is 7.44. The highest BCUT2D eigenvalue weighted by atomic mass is 16.6. The van der Waals surface area contributed by atoms with Crippen LogP contribution in [0.3, 0.4) is 0 Å². The molecule has 296 valence electrons. The molecule has 4 amide bonds. The smallest absolute Gasteiger partial charge is 0.414 e. The quantitative estimate of drug-likeness (QED) is 0.0761. The van der Waals surface area contributed by atoms with Gasteiger partial charge >= 0.3 is 29.9 Å². The first-order chi connectivity index (χ1) is 26.1. The first-order valence-electron chi connectivity index (χ1n) is 17.3. The number of H-pyrrole nitrogens is 1. The Morgan fingerprint density at radius 1 is 0.855 bits per heavy atom. The number of aryl methyl sites for hydroxylation is 1. The highest BCUT2D eigenvalue weighted by molar-refractivity contribution is 6.01. The number of carbonyl (C=O) groups excluding carboxylic acids is 5. The van der Waals surface area contributed by atoms with Gasteiger partial charge in [-0.2, -0.15) is 0 Å². The Morgan fingerprint density at radius 2 is 1.42 bits per heavy atom. The van der Waals surface area contributed by atoms with Gasteiger partial charge in [-0.15, -0.1) is 0 Å². The van der Waals surface area contributed by atoms with Crippen molar-refractivity contribution in [3.63, 3.8) is 0 Å². The summed E-state index contributed by atoms with van der Waals surface area (Å²) in [5.41, 5.74) is -0.739. The number of guanidine groups is 1. The molecule has 0 saturated carbocycles. The molecule has 0 aliphatic rings. The van der Waals surface area contributed by atoms with E-state index in [2.05, 4.69) is 25.9 Å². The average Bonchev–Trinajstić information content (AvgIpc) is 3.12. The maximum absolute atomic E-state index is 13.6. The first-order valence-corrected chi connectivity index (χ1v) is 17.3. The van der Waals surface area contributed by atoms with Gasteiger partial charge in [-0.25, -0.2) is 19.2 Å². The molecule has 18 nitrogen and oxygen atoms in total. The number of amides is 4. The van der Waals surface area contributed by atoms with E-state index < -0.39 is 66.1 Å². The van der Waals surface area contributed by atoms with Gasteiger partial charge in [0, 0.05) is 24.8 Å². The normalized spacial score (nSPS) is 11.3. The van der Waals surface area contributed by atoms with Gasteiger partial charge in [0.15, 0.2) is 0 Å². The molecule has 0 spiro atoms. The van der Waals surface area contributed by atoms with E-state index in [0.29, 0.717) is 11.1 Å². The molecular weight excluding hydrogens is 718 g/mol. The zero-order valence-corrected chi connectivity index (χ0v) is 31.4. The summed E-state index contributed by atoms with van der Waals surface area (Å²) < 4.78 is 22.0. The topological polar surface area (TPSA) is 229 Å². The highest BCUT2D eigenvalue weighted by Crippen LogP contribution is 2.09. The van der Waals surface area contributed by atoms with Crippen LogP contribution in [0.5, 0.6) is 0 Å². The van der Waals surface area contributed by atoms with Gasteiger partial charge in [0.25, 0.3) is 5.56 Å². The van der Waals surface area contributed by atoms with Crippen LogP contribution in [0.1, 0.15) is 50.8 Å². The third kappa shape index (κ3) is 16.4. The van der Waals surface area contributed by atoms with E-state index in [1.807, 2.05) is 12.1 Å². The van der Waals surface area contributed by atoms with Crippen molar-refractivity contribution in [3.8, 4) is 0 Å². The number of aromatic nitrogens is 2. The van der Waals surface area contributed by atoms with E-state index in [4.69, 9.17) is 18.9 Å². The lowest BCUT2D eigenvalue weighted by Crippen LogP contribution is -2.50. The number of hydrogen-bond acceptors (Lipinski definition) is 12. The second-order valence-corrected chi connectivity index (χ2v) is 13.0. The Balaban J connectivity index is 1.84. The van der Waals surface area contributed by atoms with Gasteiger partial charge in [-0.05, 0) is 52.2 Å². The molecule has 1 atom stereocenters. The number of hydrogen-bond donors (Lipinski definition) is 4. The van der Waals surface area contributed by atoms with Gasteiger partial charge in [0.05, 0.1) is 12.6 Å². The van der Waals surface area contributed by atoms with Crippen molar-refractivity contribution in [2.75, 3.05) is 26.2 Å². The lowest BCUT2D eigenvalue weighted by atomic mass is 10.2. The number of nitrogens with zero attached hydrogens (tertiary/aromatic N) is 3. The molecule has 1 heterocycles. The second kappa shape index (κ2) is 21.3. The number of benzene rings is 2. The molecule has 2 aromatic carbocycles. The minimum Gasteiger partial charge on any atom is -0.465 e. The molecule has 55 heavy (non-hydrogen) atoms. The second-order valence-electron chi connectivity index (χ2n) is 13.0. The van der Waals surface area contributed by atoms with E-state index >= 15 is 0 Å². The predicted molar refractivity (Wildman–Crippen MR) is 199 cm³/mol. The SMILES string of the molecule is CCOC(=O)CN(CC(CCN=C(NC(=O)OCc1ccccc1)NC(=O)OCc1ccccc1)NC(=O)OC(C)(C)C)C(=O)Cn1cc(C)c(=O)[nH]c1=O. The molecular formula is C37H47N7O11. The molecule has 1 aromatic heterocycles. The van der Waals surface area contributed by atoms with Crippen LogP contribution < -0.4 is 27.2 Å². The molecule has 0 fully saturated rings. The van der Waals surface area contributed by atoms with Gasteiger partial charge < -0.3 is 29.2 Å². The number of nitrogens with one attached hydrogen (secondary N) is 4. The van der Waals surface area contributed by atoms with E-state index in [9.17, 15) is 33.6 Å². The third-order valence-corrected chi connectivity index (χ3v) is 7.25. The Hall–Kier alpha value is -6.46. The Morgan fingerprint density at radius 3 is 1.95 bits per heavy atom. The fourth-order valence-electron chi connectivity index (χ4n) is 4.70.